The van der Waals surface area contributed by atoms with E-state index in [2.05, 4.69) is 105 Å². The monoisotopic (exact) mass is 552 g/mol. The highest BCUT2D eigenvalue weighted by Gasteiger charge is 2.15. The van der Waals surface area contributed by atoms with Crippen LogP contribution in [-0.4, -0.2) is 18.9 Å². The Morgan fingerprint density at radius 3 is 2.09 bits per heavy atom. The van der Waals surface area contributed by atoms with Gasteiger partial charge in [0.2, 0.25) is 0 Å². The second-order valence-corrected chi connectivity index (χ2v) is 10.7. The first-order valence-electron chi connectivity index (χ1n) is 14.3. The molecule has 43 heavy (non-hydrogen) atoms. The highest BCUT2D eigenvalue weighted by molar-refractivity contribution is 6.13. The molecule has 202 valence electrons. The molecule has 4 aromatic heterocycles. The molecule has 0 unspecified atom stereocenters. The minimum Gasteiger partial charge on any atom is -0.457 e. The van der Waals surface area contributed by atoms with Crippen LogP contribution in [0.3, 0.4) is 0 Å². The molecule has 0 saturated heterocycles. The van der Waals surface area contributed by atoms with Gasteiger partial charge in [0.1, 0.15) is 23.0 Å². The molecule has 0 aliphatic carbocycles. The van der Waals surface area contributed by atoms with Crippen molar-refractivity contribution in [2.75, 3.05) is 0 Å². The zero-order valence-corrected chi connectivity index (χ0v) is 23.1. The Kier molecular flexibility index (Phi) is 5.13. The van der Waals surface area contributed by atoms with Gasteiger partial charge >= 0.3 is 0 Å². The van der Waals surface area contributed by atoms with Crippen LogP contribution >= 0.6 is 0 Å². The molecular formula is C38H24N4O. The molecule has 5 nitrogen and oxygen atoms in total. The molecule has 0 saturated carbocycles. The van der Waals surface area contributed by atoms with Crippen molar-refractivity contribution in [3.8, 4) is 28.4 Å². The Balaban J connectivity index is 1.18. The van der Waals surface area contributed by atoms with Gasteiger partial charge < -0.3 is 4.74 Å². The summed E-state index contributed by atoms with van der Waals surface area (Å²) < 4.78 is 10.9. The largest absolute Gasteiger partial charge is 0.457 e. The topological polar surface area (TPSA) is 44.3 Å². The molecule has 0 N–H and O–H groups in total. The van der Waals surface area contributed by atoms with E-state index in [1.807, 2.05) is 55.0 Å². The van der Waals surface area contributed by atoms with Gasteiger partial charge in [0.25, 0.3) is 0 Å². The average molecular weight is 553 g/mol. The summed E-state index contributed by atoms with van der Waals surface area (Å²) in [6.07, 6.45) is 5.72. The van der Waals surface area contributed by atoms with Crippen LogP contribution < -0.4 is 4.74 Å². The van der Waals surface area contributed by atoms with Gasteiger partial charge in [-0.25, -0.2) is 9.97 Å². The number of pyridine rings is 2. The maximum atomic E-state index is 6.53. The van der Waals surface area contributed by atoms with Gasteiger partial charge in [-0.05, 0) is 71.1 Å². The zero-order valence-electron chi connectivity index (χ0n) is 23.1. The van der Waals surface area contributed by atoms with Crippen LogP contribution in [-0.2, 0) is 0 Å². The first-order valence-corrected chi connectivity index (χ1v) is 14.3. The molecule has 5 aromatic carbocycles. The second-order valence-electron chi connectivity index (χ2n) is 10.7. The zero-order chi connectivity index (χ0) is 28.3. The van der Waals surface area contributed by atoms with Crippen LogP contribution in [0.4, 0.5) is 0 Å². The van der Waals surface area contributed by atoms with Crippen molar-refractivity contribution in [3.63, 3.8) is 0 Å². The van der Waals surface area contributed by atoms with Crippen molar-refractivity contribution in [1.82, 2.24) is 18.9 Å². The van der Waals surface area contributed by atoms with Crippen LogP contribution in [0.5, 0.6) is 11.5 Å². The van der Waals surface area contributed by atoms with E-state index in [4.69, 9.17) is 9.72 Å². The van der Waals surface area contributed by atoms with Crippen LogP contribution in [0.15, 0.2) is 146 Å². The number of hydrogen-bond acceptors (Lipinski definition) is 3. The van der Waals surface area contributed by atoms with Crippen molar-refractivity contribution >= 4 is 49.1 Å². The second kappa shape index (κ2) is 9.29. The lowest BCUT2D eigenvalue weighted by Crippen LogP contribution is -1.96. The van der Waals surface area contributed by atoms with Crippen molar-refractivity contribution in [1.29, 1.82) is 0 Å². The summed E-state index contributed by atoms with van der Waals surface area (Å²) in [4.78, 5) is 9.41. The molecule has 0 aliphatic rings. The molecule has 4 heterocycles. The summed E-state index contributed by atoms with van der Waals surface area (Å²) in [7, 11) is 0. The fraction of sp³-hybridized carbons (Fsp3) is 0. The van der Waals surface area contributed by atoms with Gasteiger partial charge in [0.15, 0.2) is 0 Å². The molecule has 0 aliphatic heterocycles. The Morgan fingerprint density at radius 1 is 0.465 bits per heavy atom. The molecule has 0 amide bonds. The Morgan fingerprint density at radius 2 is 1.21 bits per heavy atom. The molecule has 5 heteroatoms. The first-order chi connectivity index (χ1) is 21.3. The minimum atomic E-state index is 0.762. The minimum absolute atomic E-state index is 0.762. The molecule has 0 atom stereocenters. The lowest BCUT2D eigenvalue weighted by Gasteiger charge is -2.13. The third-order valence-electron chi connectivity index (χ3n) is 8.29. The van der Waals surface area contributed by atoms with Crippen molar-refractivity contribution in [2.24, 2.45) is 0 Å². The fourth-order valence-corrected chi connectivity index (χ4v) is 6.36. The molecular weight excluding hydrogens is 528 g/mol. The van der Waals surface area contributed by atoms with Gasteiger partial charge in [-0.3, -0.25) is 8.97 Å². The van der Waals surface area contributed by atoms with Crippen molar-refractivity contribution in [2.45, 2.75) is 0 Å². The number of nitrogens with zero attached hydrogens (tertiary/aromatic N) is 4. The Labute approximate surface area is 246 Å². The van der Waals surface area contributed by atoms with Gasteiger partial charge in [-0.1, -0.05) is 66.7 Å². The number of ether oxygens (including phenoxy) is 1. The lowest BCUT2D eigenvalue weighted by molar-refractivity contribution is 0.484. The molecule has 0 bridgehead atoms. The van der Waals surface area contributed by atoms with E-state index in [1.54, 1.807) is 0 Å². The van der Waals surface area contributed by atoms with E-state index < -0.39 is 0 Å². The van der Waals surface area contributed by atoms with Crippen LogP contribution in [0.1, 0.15) is 0 Å². The van der Waals surface area contributed by atoms with E-state index in [1.165, 1.54) is 21.9 Å². The summed E-state index contributed by atoms with van der Waals surface area (Å²) in [5.41, 5.74) is 6.57. The van der Waals surface area contributed by atoms with E-state index in [9.17, 15) is 0 Å². The van der Waals surface area contributed by atoms with E-state index in [0.717, 1.165) is 55.7 Å². The van der Waals surface area contributed by atoms with Gasteiger partial charge in [-0.2, -0.15) is 0 Å². The van der Waals surface area contributed by atoms with E-state index in [0.29, 0.717) is 0 Å². The molecule has 9 aromatic rings. The van der Waals surface area contributed by atoms with Crippen LogP contribution in [0.25, 0.3) is 66.1 Å². The van der Waals surface area contributed by atoms with E-state index >= 15 is 0 Å². The lowest BCUT2D eigenvalue weighted by atomic mass is 10.0. The Hall–Kier alpha value is -5.94. The highest BCUT2D eigenvalue weighted by Crippen LogP contribution is 2.37. The van der Waals surface area contributed by atoms with Crippen molar-refractivity contribution in [3.05, 3.63) is 146 Å². The van der Waals surface area contributed by atoms with Gasteiger partial charge in [0.05, 0.1) is 16.6 Å². The predicted octanol–water partition coefficient (Wildman–Crippen LogP) is 9.59. The summed E-state index contributed by atoms with van der Waals surface area (Å²) in [6, 6.07) is 44.1. The van der Waals surface area contributed by atoms with Crippen molar-refractivity contribution < 1.29 is 4.74 Å². The molecule has 9 rings (SSSR count). The number of para-hydroxylation sites is 1. The van der Waals surface area contributed by atoms with Gasteiger partial charge in [0, 0.05) is 46.2 Å². The molecule has 0 fully saturated rings. The normalized spacial score (nSPS) is 11.7. The number of benzene rings is 5. The smallest absolute Gasteiger partial charge is 0.145 e. The van der Waals surface area contributed by atoms with Crippen LogP contribution in [0, 0.1) is 0 Å². The summed E-state index contributed by atoms with van der Waals surface area (Å²) in [5, 5.41) is 5.71. The van der Waals surface area contributed by atoms with Gasteiger partial charge in [-0.15, -0.1) is 0 Å². The first kappa shape index (κ1) is 23.7. The third kappa shape index (κ3) is 3.72. The molecule has 0 spiro atoms. The maximum absolute atomic E-state index is 6.53. The fourth-order valence-electron chi connectivity index (χ4n) is 6.36. The predicted molar refractivity (Wildman–Crippen MR) is 174 cm³/mol. The number of fused-ring (bicyclic) bond motifs is 9. The highest BCUT2D eigenvalue weighted by atomic mass is 16.5. The SMILES string of the molecule is c1ccc(-c2ccc3c4ccc(Oc5ccc6c7ccccc7n(-c7ccccn7)c6c5)cc4c4nccn4c3c2)cc1. The average Bonchev–Trinajstić information content (AvgIpc) is 3.69. The summed E-state index contributed by atoms with van der Waals surface area (Å²) >= 11 is 0. The quantitative estimate of drug-likeness (QED) is 0.204. The number of hydrogen-bond donors (Lipinski definition) is 0. The third-order valence-corrected chi connectivity index (χ3v) is 8.29. The number of rotatable bonds is 4. The maximum Gasteiger partial charge on any atom is 0.145 e. The number of aromatic nitrogens is 4. The van der Waals surface area contributed by atoms with Crippen LogP contribution in [0.2, 0.25) is 0 Å². The standard InChI is InChI=1S/C38H24N4O/c1-2-8-25(9-3-1)26-13-16-31-29-17-14-27(23-33(29)38-40-20-21-41(38)35(31)22-26)43-28-15-18-32-30-10-4-5-11-34(30)42(36(32)24-28)37-12-6-7-19-39-37/h1-24H. The van der Waals surface area contributed by atoms with E-state index in [-0.39, 0.29) is 0 Å². The Bertz CT molecular complexity index is 2480. The number of imidazole rings is 1. The molecule has 0 radical (unpaired) electrons. The summed E-state index contributed by atoms with van der Waals surface area (Å²) in [5.74, 6) is 2.40. The summed E-state index contributed by atoms with van der Waals surface area (Å²) in [6.45, 7) is 0.